The van der Waals surface area contributed by atoms with Gasteiger partial charge in [-0.2, -0.15) is 0 Å². The molecule has 0 aliphatic carbocycles. The Hall–Kier alpha value is -1.98. The van der Waals surface area contributed by atoms with Crippen molar-refractivity contribution >= 4 is 47.2 Å². The Morgan fingerprint density at radius 1 is 1.04 bits per heavy atom. The first-order valence-electron chi connectivity index (χ1n) is 8.32. The molecule has 0 spiro atoms. The van der Waals surface area contributed by atoms with E-state index in [-0.39, 0.29) is 22.7 Å². The van der Waals surface area contributed by atoms with Crippen molar-refractivity contribution in [3.8, 4) is 0 Å². The lowest BCUT2D eigenvalue weighted by Crippen LogP contribution is -2.72. The predicted octanol–water partition coefficient (Wildman–Crippen LogP) is -0.739. The highest BCUT2D eigenvalue weighted by atomic mass is 32.2. The van der Waals surface area contributed by atoms with Crippen molar-refractivity contribution in [3.63, 3.8) is 0 Å². The Labute approximate surface area is 163 Å². The lowest BCUT2D eigenvalue weighted by Gasteiger charge is -2.51. The lowest BCUT2D eigenvalue weighted by molar-refractivity contribution is -0.151. The highest BCUT2D eigenvalue weighted by Gasteiger charge is 2.55. The zero-order valence-corrected chi connectivity index (χ0v) is 16.2. The fourth-order valence-electron chi connectivity index (χ4n) is 3.67. The SMILES string of the molecule is CC1=C(C(=O)N[C@@H]2C(=O)N3C(C(=O)O)=C(C)CS[C@H]23)N2C(=O)[C@@H](N)[C@H]2SC1. The van der Waals surface area contributed by atoms with Crippen LogP contribution in [0.5, 0.6) is 0 Å². The topological polar surface area (TPSA) is 133 Å². The highest BCUT2D eigenvalue weighted by Crippen LogP contribution is 2.42. The van der Waals surface area contributed by atoms with Crippen molar-refractivity contribution in [3.05, 3.63) is 22.5 Å². The number of nitrogens with two attached hydrogens (primary N) is 1. The summed E-state index contributed by atoms with van der Waals surface area (Å²) in [4.78, 5) is 51.5. The number of carboxylic acids is 1. The van der Waals surface area contributed by atoms with Crippen LogP contribution in [0.1, 0.15) is 13.8 Å². The molecule has 2 saturated heterocycles. The Bertz CT molecular complexity index is 854. The van der Waals surface area contributed by atoms with Crippen LogP contribution in [0.15, 0.2) is 22.5 Å². The van der Waals surface area contributed by atoms with E-state index in [1.54, 1.807) is 13.8 Å². The molecule has 4 rings (SSSR count). The van der Waals surface area contributed by atoms with Gasteiger partial charge in [-0.15, -0.1) is 23.5 Å². The van der Waals surface area contributed by atoms with Gasteiger partial charge in [0.25, 0.3) is 11.8 Å². The van der Waals surface area contributed by atoms with Crippen LogP contribution in [0, 0.1) is 0 Å². The van der Waals surface area contributed by atoms with Gasteiger partial charge in [-0.05, 0) is 25.0 Å². The van der Waals surface area contributed by atoms with Crippen molar-refractivity contribution in [1.82, 2.24) is 15.1 Å². The van der Waals surface area contributed by atoms with E-state index in [9.17, 15) is 24.3 Å². The van der Waals surface area contributed by atoms with Gasteiger partial charge in [0.05, 0.1) is 0 Å². The Morgan fingerprint density at radius 2 is 1.59 bits per heavy atom. The average molecular weight is 410 g/mol. The molecule has 4 aliphatic heterocycles. The second-order valence-electron chi connectivity index (χ2n) is 6.86. The molecule has 4 N–H and O–H groups in total. The maximum absolute atomic E-state index is 12.8. The number of carboxylic acid groups (broad SMARTS) is 1. The van der Waals surface area contributed by atoms with E-state index in [2.05, 4.69) is 5.32 Å². The maximum atomic E-state index is 12.8. The number of aliphatic carboxylic acids is 1. The van der Waals surface area contributed by atoms with Crippen LogP contribution in [0.4, 0.5) is 0 Å². The monoisotopic (exact) mass is 410 g/mol. The number of carbonyl (C=O) groups excluding carboxylic acids is 3. The van der Waals surface area contributed by atoms with Gasteiger partial charge in [0.2, 0.25) is 5.91 Å². The van der Waals surface area contributed by atoms with Crippen molar-refractivity contribution in [2.24, 2.45) is 5.73 Å². The summed E-state index contributed by atoms with van der Waals surface area (Å²) in [6.07, 6.45) is 0. The summed E-state index contributed by atoms with van der Waals surface area (Å²) >= 11 is 2.91. The maximum Gasteiger partial charge on any atom is 0.352 e. The molecule has 0 radical (unpaired) electrons. The third-order valence-electron chi connectivity index (χ3n) is 5.06. The molecule has 27 heavy (non-hydrogen) atoms. The van der Waals surface area contributed by atoms with Crippen molar-refractivity contribution in [2.45, 2.75) is 36.7 Å². The summed E-state index contributed by atoms with van der Waals surface area (Å²) in [6.45, 7) is 3.45. The van der Waals surface area contributed by atoms with Gasteiger partial charge in [-0.1, -0.05) is 0 Å². The third kappa shape index (κ3) is 2.52. The third-order valence-corrected chi connectivity index (χ3v) is 7.93. The summed E-state index contributed by atoms with van der Waals surface area (Å²) in [5.74, 6) is -1.36. The van der Waals surface area contributed by atoms with E-state index in [1.807, 2.05) is 0 Å². The van der Waals surface area contributed by atoms with Crippen LogP contribution in [-0.2, 0) is 19.2 Å². The number of carbonyl (C=O) groups is 4. The number of hydrogen-bond donors (Lipinski definition) is 3. The molecule has 0 bridgehead atoms. The quantitative estimate of drug-likeness (QED) is 0.518. The molecule has 4 aliphatic rings. The zero-order chi connectivity index (χ0) is 19.6. The molecular formula is C16H18N4O5S2. The van der Waals surface area contributed by atoms with Crippen LogP contribution in [0.2, 0.25) is 0 Å². The molecule has 0 aromatic heterocycles. The van der Waals surface area contributed by atoms with E-state index in [1.165, 1.54) is 33.3 Å². The lowest BCUT2D eigenvalue weighted by atomic mass is 10.0. The van der Waals surface area contributed by atoms with Crippen molar-refractivity contribution < 1.29 is 24.3 Å². The molecule has 0 aromatic rings. The molecule has 3 amide bonds. The highest BCUT2D eigenvalue weighted by molar-refractivity contribution is 8.00. The Morgan fingerprint density at radius 3 is 2.22 bits per heavy atom. The molecular weight excluding hydrogens is 392 g/mol. The van der Waals surface area contributed by atoms with E-state index in [0.717, 1.165) is 5.57 Å². The second kappa shape index (κ2) is 6.28. The zero-order valence-electron chi connectivity index (χ0n) is 14.6. The number of β-lactam (4-membered cyclic amide) rings is 2. The van der Waals surface area contributed by atoms with Gasteiger partial charge in [0, 0.05) is 11.5 Å². The van der Waals surface area contributed by atoms with Gasteiger partial charge < -0.3 is 16.2 Å². The van der Waals surface area contributed by atoms with Gasteiger partial charge in [0.1, 0.15) is 34.2 Å². The second-order valence-corrected chi connectivity index (χ2v) is 9.07. The minimum absolute atomic E-state index is 0.0114. The van der Waals surface area contributed by atoms with Crippen molar-refractivity contribution in [1.29, 1.82) is 0 Å². The minimum Gasteiger partial charge on any atom is -0.477 e. The molecule has 0 saturated carbocycles. The first-order chi connectivity index (χ1) is 12.7. The molecule has 0 unspecified atom stereocenters. The summed E-state index contributed by atoms with van der Waals surface area (Å²) in [6, 6.07) is -1.44. The number of nitrogens with zero attached hydrogens (tertiary/aromatic N) is 2. The molecule has 2 fully saturated rings. The van der Waals surface area contributed by atoms with Crippen LogP contribution < -0.4 is 11.1 Å². The van der Waals surface area contributed by atoms with Crippen LogP contribution in [0.3, 0.4) is 0 Å². The molecule has 0 aromatic carbocycles. The van der Waals surface area contributed by atoms with Crippen molar-refractivity contribution in [2.75, 3.05) is 11.5 Å². The molecule has 4 heterocycles. The minimum atomic E-state index is -1.15. The predicted molar refractivity (Wildman–Crippen MR) is 99.1 cm³/mol. The Balaban J connectivity index is 1.53. The number of nitrogens with one attached hydrogen (secondary N) is 1. The van der Waals surface area contributed by atoms with E-state index in [4.69, 9.17) is 5.73 Å². The largest absolute Gasteiger partial charge is 0.477 e. The number of fused-ring (bicyclic) bond motifs is 2. The summed E-state index contributed by atoms with van der Waals surface area (Å²) in [5.41, 5.74) is 7.40. The smallest absolute Gasteiger partial charge is 0.352 e. The van der Waals surface area contributed by atoms with Gasteiger partial charge >= 0.3 is 5.97 Å². The molecule has 144 valence electrons. The van der Waals surface area contributed by atoms with Gasteiger partial charge in [0.15, 0.2) is 0 Å². The van der Waals surface area contributed by atoms with Gasteiger partial charge in [-0.3, -0.25) is 24.2 Å². The Kier molecular flexibility index (Phi) is 4.28. The first-order valence-corrected chi connectivity index (χ1v) is 10.4. The summed E-state index contributed by atoms with van der Waals surface area (Å²) in [7, 11) is 0. The van der Waals surface area contributed by atoms with E-state index < -0.39 is 35.2 Å². The fourth-order valence-corrected chi connectivity index (χ4v) is 6.21. The number of thioether (sulfide) groups is 2. The summed E-state index contributed by atoms with van der Waals surface area (Å²) < 4.78 is 0. The number of hydrogen-bond acceptors (Lipinski definition) is 7. The number of amides is 3. The standard InChI is InChI=1S/C16H18N4O5S2/c1-5-3-26-14-7(17)12(22)19(14)9(5)11(21)18-8-13(23)20-10(16(24)25)6(2)4-27-15(8)20/h7-8,14-15H,3-4,17H2,1-2H3,(H,18,21)(H,24,25)/t7-,8-,14-,15-/m1/s1. The normalized spacial score (nSPS) is 32.6. The number of rotatable bonds is 3. The van der Waals surface area contributed by atoms with Gasteiger partial charge in [-0.25, -0.2) is 4.79 Å². The van der Waals surface area contributed by atoms with Crippen LogP contribution in [-0.4, -0.2) is 72.9 Å². The molecule has 11 heteroatoms. The molecule has 9 nitrogen and oxygen atoms in total. The van der Waals surface area contributed by atoms with E-state index in [0.29, 0.717) is 17.1 Å². The molecule has 4 atom stereocenters. The first kappa shape index (κ1) is 18.4. The fraction of sp³-hybridized carbons (Fsp3) is 0.500. The average Bonchev–Trinajstić information content (AvgIpc) is 2.64. The summed E-state index contributed by atoms with van der Waals surface area (Å²) in [5, 5.41) is 11.3. The van der Waals surface area contributed by atoms with Crippen LogP contribution in [0.25, 0.3) is 0 Å². The van der Waals surface area contributed by atoms with E-state index >= 15 is 0 Å². The van der Waals surface area contributed by atoms with Crippen LogP contribution >= 0.6 is 23.5 Å².